The third-order valence-electron chi connectivity index (χ3n) is 17.1. The van der Waals surface area contributed by atoms with Gasteiger partial charge in [-0.2, -0.15) is 0 Å². The number of carbonyl (C=O) groups is 2. The Labute approximate surface area is 510 Å². The van der Waals surface area contributed by atoms with Crippen molar-refractivity contribution in [2.24, 2.45) is 11.8 Å². The van der Waals surface area contributed by atoms with E-state index in [-0.39, 0.29) is 48.6 Å². The number of amides is 1. The van der Waals surface area contributed by atoms with E-state index in [1.165, 1.54) is 0 Å². The van der Waals surface area contributed by atoms with E-state index in [0.717, 1.165) is 78.3 Å². The van der Waals surface area contributed by atoms with Gasteiger partial charge in [-0.1, -0.05) is 221 Å². The van der Waals surface area contributed by atoms with Gasteiger partial charge < -0.3 is 53.1 Å². The lowest BCUT2D eigenvalue weighted by Crippen LogP contribution is -2.61. The van der Waals surface area contributed by atoms with Crippen molar-refractivity contribution in [2.75, 3.05) is 13.2 Å². The molecular formula is C73H91NO12. The summed E-state index contributed by atoms with van der Waals surface area (Å²) in [6.07, 6.45) is 5.20. The largest absolute Gasteiger partial charge is 0.481 e. The number of hydrogen-bond acceptors (Lipinski definition) is 11. The van der Waals surface area contributed by atoms with E-state index in [2.05, 4.69) is 85.0 Å². The summed E-state index contributed by atoms with van der Waals surface area (Å²) >= 11 is 0. The van der Waals surface area contributed by atoms with Crippen molar-refractivity contribution < 1.29 is 57.3 Å². The standard InChI is InChI=1S/C73H91NO12/c1-53-70(81-47-57-32-18-10-19-33-57)73(84-50-60-38-24-13-25-39-60)72(83-49-59-36-22-12-23-37-59)66(85-53)43-61-42-65(79-46-56-30-16-9-17-31-56)67(52-78-45-55-28-14-8-15-29-55)86-64(61)44-62-51-80-63(40-26-6-4-3-5-7-27-41-68(76)77)69(74-54(2)75)71(62)82-48-58-34-20-11-21-35-58/h8-25,28-39,53,61-67,69-73H,3-7,26-27,40-52H2,1-2H3,(H,74,75)(H,76,77)/t53-,61-,62+,63-,64-,65+,66-,67+,69-,70+,71-,72+,73+/m0/s1. The monoisotopic (exact) mass is 1170 g/mol. The fourth-order valence-electron chi connectivity index (χ4n) is 12.6. The molecule has 0 radical (unpaired) electrons. The van der Waals surface area contributed by atoms with E-state index in [9.17, 15) is 9.59 Å². The van der Waals surface area contributed by atoms with Gasteiger partial charge in [0.05, 0.1) is 95.5 Å². The van der Waals surface area contributed by atoms with Crippen LogP contribution in [-0.2, 0) is 91.9 Å². The minimum atomic E-state index is -0.739. The molecule has 2 N–H and O–H groups in total. The molecule has 6 aromatic rings. The number of rotatable bonds is 34. The van der Waals surface area contributed by atoms with E-state index in [1.807, 2.05) is 109 Å². The van der Waals surface area contributed by atoms with Crippen molar-refractivity contribution in [2.45, 2.75) is 198 Å². The molecule has 13 atom stereocenters. The zero-order valence-corrected chi connectivity index (χ0v) is 50.4. The molecule has 13 nitrogen and oxygen atoms in total. The maximum Gasteiger partial charge on any atom is 0.303 e. The molecule has 3 fully saturated rings. The summed E-state index contributed by atoms with van der Waals surface area (Å²) in [7, 11) is 0. The van der Waals surface area contributed by atoms with Crippen LogP contribution >= 0.6 is 0 Å². The zero-order valence-electron chi connectivity index (χ0n) is 50.4. The third kappa shape index (κ3) is 20.5. The van der Waals surface area contributed by atoms with E-state index < -0.39 is 48.6 Å². The molecule has 460 valence electrons. The number of benzene rings is 6. The average Bonchev–Trinajstić information content (AvgIpc) is 3.41. The Morgan fingerprint density at radius 2 is 0.895 bits per heavy atom. The highest BCUT2D eigenvalue weighted by Gasteiger charge is 2.51. The van der Waals surface area contributed by atoms with Crippen LogP contribution < -0.4 is 5.32 Å². The van der Waals surface area contributed by atoms with Crippen LogP contribution in [0.1, 0.15) is 124 Å². The average molecular weight is 1170 g/mol. The second-order valence-electron chi connectivity index (χ2n) is 23.7. The number of aliphatic carboxylic acids is 1. The number of carboxylic acids is 1. The summed E-state index contributed by atoms with van der Waals surface area (Å²) in [6.45, 7) is 6.63. The third-order valence-corrected chi connectivity index (χ3v) is 17.1. The first kappa shape index (κ1) is 64.4. The topological polar surface area (TPSA) is 149 Å². The van der Waals surface area contributed by atoms with Gasteiger partial charge in [0, 0.05) is 19.3 Å². The maximum atomic E-state index is 13.4. The smallest absolute Gasteiger partial charge is 0.303 e. The second kappa shape index (κ2) is 35.0. The normalized spacial score (nSPS) is 25.8. The number of carbonyl (C=O) groups excluding carboxylic acids is 1. The van der Waals surface area contributed by atoms with Crippen molar-refractivity contribution in [1.29, 1.82) is 0 Å². The van der Waals surface area contributed by atoms with Crippen LogP contribution in [0.5, 0.6) is 0 Å². The Morgan fingerprint density at radius 1 is 0.465 bits per heavy atom. The summed E-state index contributed by atoms with van der Waals surface area (Å²) in [5.41, 5.74) is 6.32. The Balaban J connectivity index is 1.03. The Morgan fingerprint density at radius 3 is 1.40 bits per heavy atom. The van der Waals surface area contributed by atoms with Crippen molar-refractivity contribution in [3.8, 4) is 0 Å². The Kier molecular flexibility index (Phi) is 26.2. The molecule has 0 bridgehead atoms. The van der Waals surface area contributed by atoms with Gasteiger partial charge in [0.15, 0.2) is 0 Å². The lowest BCUT2D eigenvalue weighted by Gasteiger charge is -2.49. The minimum Gasteiger partial charge on any atom is -0.481 e. The molecule has 3 aliphatic rings. The first-order valence-electron chi connectivity index (χ1n) is 31.5. The van der Waals surface area contributed by atoms with Crippen LogP contribution in [0.25, 0.3) is 0 Å². The van der Waals surface area contributed by atoms with Gasteiger partial charge in [-0.3, -0.25) is 9.59 Å². The van der Waals surface area contributed by atoms with Crippen LogP contribution in [-0.4, -0.2) is 97.3 Å². The van der Waals surface area contributed by atoms with Gasteiger partial charge in [0.25, 0.3) is 0 Å². The van der Waals surface area contributed by atoms with Crippen LogP contribution in [0.2, 0.25) is 0 Å². The second-order valence-corrected chi connectivity index (χ2v) is 23.7. The first-order chi connectivity index (χ1) is 42.2. The molecule has 3 aliphatic heterocycles. The molecule has 6 aromatic carbocycles. The van der Waals surface area contributed by atoms with Gasteiger partial charge in [0.1, 0.15) is 24.4 Å². The lowest BCUT2D eigenvalue weighted by molar-refractivity contribution is -0.269. The van der Waals surface area contributed by atoms with Crippen molar-refractivity contribution in [1.82, 2.24) is 5.32 Å². The summed E-state index contributed by atoms with van der Waals surface area (Å²) in [4.78, 5) is 24.4. The van der Waals surface area contributed by atoms with Gasteiger partial charge >= 0.3 is 5.97 Å². The van der Waals surface area contributed by atoms with Crippen LogP contribution in [0, 0.1) is 11.8 Å². The first-order valence-corrected chi connectivity index (χ1v) is 31.5. The highest BCUT2D eigenvalue weighted by Crippen LogP contribution is 2.42. The van der Waals surface area contributed by atoms with Crippen LogP contribution in [0.3, 0.4) is 0 Å². The highest BCUT2D eigenvalue weighted by molar-refractivity contribution is 5.73. The quantitative estimate of drug-likeness (QED) is 0.0370. The van der Waals surface area contributed by atoms with Gasteiger partial charge in [-0.05, 0) is 78.3 Å². The van der Waals surface area contributed by atoms with Gasteiger partial charge in [-0.15, -0.1) is 0 Å². The van der Waals surface area contributed by atoms with Crippen LogP contribution in [0.15, 0.2) is 182 Å². The lowest BCUT2D eigenvalue weighted by atomic mass is 9.77. The maximum absolute atomic E-state index is 13.4. The highest BCUT2D eigenvalue weighted by atomic mass is 16.6. The van der Waals surface area contributed by atoms with E-state index in [0.29, 0.717) is 78.5 Å². The van der Waals surface area contributed by atoms with Crippen molar-refractivity contribution in [3.05, 3.63) is 215 Å². The number of ether oxygens (including phenoxy) is 9. The van der Waals surface area contributed by atoms with Crippen molar-refractivity contribution in [3.63, 3.8) is 0 Å². The molecule has 13 heteroatoms. The molecule has 0 saturated carbocycles. The van der Waals surface area contributed by atoms with Gasteiger partial charge in [-0.25, -0.2) is 0 Å². The molecule has 3 saturated heterocycles. The minimum absolute atomic E-state index is 0.131. The number of unbranched alkanes of at least 4 members (excludes halogenated alkanes) is 6. The van der Waals surface area contributed by atoms with Crippen LogP contribution in [0.4, 0.5) is 0 Å². The van der Waals surface area contributed by atoms with Crippen molar-refractivity contribution >= 4 is 11.9 Å². The number of nitrogens with one attached hydrogen (secondary N) is 1. The Bertz CT molecular complexity index is 2820. The number of carboxylic acid groups (broad SMARTS) is 1. The SMILES string of the molecule is CC(=O)N[C@@H]1[C@@H](OCc2ccccc2)[C@H](C[C@@H]2O[C@H](COCc3ccccc3)[C@H](OCc3ccccc3)C[C@H]2C[C@@H]2O[C@@H](C)[C@@H](OCc3ccccc3)[C@@H](OCc3ccccc3)[C@@H]2OCc2ccccc2)CO[C@H]1CCCCCCCCCC(=O)O. The fraction of sp³-hybridized carbons (Fsp3) is 0.479. The number of hydrogen-bond donors (Lipinski definition) is 2. The Hall–Kier alpha value is -6.10. The van der Waals surface area contributed by atoms with E-state index in [1.54, 1.807) is 6.92 Å². The molecule has 86 heavy (non-hydrogen) atoms. The molecule has 0 aliphatic carbocycles. The van der Waals surface area contributed by atoms with E-state index >= 15 is 0 Å². The summed E-state index contributed by atoms with van der Waals surface area (Å²) in [5.74, 6) is -1.20. The molecule has 1 amide bonds. The van der Waals surface area contributed by atoms with Gasteiger partial charge in [0.2, 0.25) is 5.91 Å². The molecule has 3 heterocycles. The fourth-order valence-corrected chi connectivity index (χ4v) is 12.6. The summed E-state index contributed by atoms with van der Waals surface area (Å²) in [5, 5.41) is 12.4. The molecule has 0 aromatic heterocycles. The predicted molar refractivity (Wildman–Crippen MR) is 332 cm³/mol. The molecule has 9 rings (SSSR count). The zero-order chi connectivity index (χ0) is 59.6. The molecule has 0 unspecified atom stereocenters. The summed E-state index contributed by atoms with van der Waals surface area (Å²) in [6, 6.07) is 61.0. The molecule has 0 spiro atoms. The van der Waals surface area contributed by atoms with E-state index in [4.69, 9.17) is 47.7 Å². The molecular weight excluding hydrogens is 1080 g/mol. The predicted octanol–water partition coefficient (Wildman–Crippen LogP) is 13.6. The summed E-state index contributed by atoms with van der Waals surface area (Å²) < 4.78 is 63.8.